The number of pyridine rings is 1. The van der Waals surface area contributed by atoms with Crippen LogP contribution in [0.25, 0.3) is 77.0 Å². The summed E-state index contributed by atoms with van der Waals surface area (Å²) in [5, 5.41) is 6.34. The molecule has 2 aliphatic rings. The smallest absolute Gasteiger partial charge is 0.249 e. The van der Waals surface area contributed by atoms with Crippen molar-refractivity contribution < 1.29 is 0 Å². The van der Waals surface area contributed by atoms with Crippen molar-refractivity contribution in [3.63, 3.8) is 0 Å². The van der Waals surface area contributed by atoms with Gasteiger partial charge < -0.3 is 4.57 Å². The molecule has 0 saturated carbocycles. The van der Waals surface area contributed by atoms with Crippen LogP contribution in [0.4, 0.5) is 0 Å². The zero-order valence-electron chi connectivity index (χ0n) is 36.0. The van der Waals surface area contributed by atoms with Gasteiger partial charge in [-0.3, -0.25) is 4.40 Å². The summed E-state index contributed by atoms with van der Waals surface area (Å²) < 4.78 is 5.01. The van der Waals surface area contributed by atoms with Gasteiger partial charge in [-0.1, -0.05) is 152 Å². The van der Waals surface area contributed by atoms with Crippen molar-refractivity contribution >= 4 is 95.0 Å². The molecule has 0 unspecified atom stereocenters. The van der Waals surface area contributed by atoms with Gasteiger partial charge in [-0.05, 0) is 115 Å². The SMILES string of the molecule is CC(C)(C)c1ccc2c(c1)B1c3c(cc(-c4ccc5c6ccccc6c6nc7ccccc7n6c5c4)cc3-n3c4ccc(C(C)(C)C)cc4c4cc(C(C)(C)C)cc1c43)S2. The molecular weight excluding hydrogens is 746 g/mol. The standard InChI is InChI=1S/C55H48BN3S/c1-53(2,3)33-19-22-44-39(27-33)40-28-35(55(7,8)9)30-42-51(40)58(44)47-25-32(26-49-50(47)56(42)41-29-34(54(4,5)6)20-23-48(41)60-49)31-18-21-37-36-14-10-11-15-38(36)52-57-43-16-12-13-17-45(43)59(52)46(37)24-31/h10-30H,1-9H3. The summed E-state index contributed by atoms with van der Waals surface area (Å²) >= 11 is 1.95. The summed E-state index contributed by atoms with van der Waals surface area (Å²) in [5.74, 6) is 0. The first-order chi connectivity index (χ1) is 28.6. The lowest BCUT2D eigenvalue weighted by Crippen LogP contribution is -2.59. The summed E-state index contributed by atoms with van der Waals surface area (Å²) in [6.07, 6.45) is 0. The Balaban J connectivity index is 1.20. The molecule has 0 saturated heterocycles. The molecule has 2 aliphatic heterocycles. The van der Waals surface area contributed by atoms with E-state index in [1.807, 2.05) is 11.8 Å². The van der Waals surface area contributed by atoms with E-state index in [0.717, 1.165) is 16.7 Å². The molecule has 292 valence electrons. The molecule has 5 heterocycles. The van der Waals surface area contributed by atoms with Crippen molar-refractivity contribution in [2.24, 2.45) is 0 Å². The van der Waals surface area contributed by atoms with Crippen molar-refractivity contribution in [3.05, 3.63) is 144 Å². The molecule has 0 fully saturated rings. The van der Waals surface area contributed by atoms with Crippen LogP contribution in [0.3, 0.4) is 0 Å². The van der Waals surface area contributed by atoms with Gasteiger partial charge in [-0.2, -0.15) is 0 Å². The van der Waals surface area contributed by atoms with E-state index in [1.54, 1.807) is 0 Å². The van der Waals surface area contributed by atoms with Gasteiger partial charge in [0.1, 0.15) is 5.65 Å². The summed E-state index contributed by atoms with van der Waals surface area (Å²) in [6.45, 7) is 21.2. The van der Waals surface area contributed by atoms with E-state index in [4.69, 9.17) is 4.98 Å². The fourth-order valence-corrected chi connectivity index (χ4v) is 11.5. The zero-order chi connectivity index (χ0) is 41.2. The van der Waals surface area contributed by atoms with Gasteiger partial charge >= 0.3 is 0 Å². The number of imidazole rings is 1. The molecule has 0 aliphatic carbocycles. The minimum atomic E-state index is -0.0133. The van der Waals surface area contributed by atoms with Gasteiger partial charge in [0.15, 0.2) is 0 Å². The Morgan fingerprint density at radius 2 is 1.17 bits per heavy atom. The molecule has 10 aromatic rings. The molecule has 3 nitrogen and oxygen atoms in total. The number of nitrogens with zero attached hydrogens (tertiary/aromatic N) is 3. The molecule has 12 rings (SSSR count). The van der Waals surface area contributed by atoms with E-state index in [9.17, 15) is 0 Å². The molecule has 60 heavy (non-hydrogen) atoms. The van der Waals surface area contributed by atoms with Crippen LogP contribution in [-0.4, -0.2) is 20.7 Å². The Labute approximate surface area is 356 Å². The average Bonchev–Trinajstić information content (AvgIpc) is 3.78. The quantitative estimate of drug-likeness (QED) is 0.122. The first-order valence-electron chi connectivity index (χ1n) is 21.5. The van der Waals surface area contributed by atoms with Crippen molar-refractivity contribution in [1.29, 1.82) is 0 Å². The lowest BCUT2D eigenvalue weighted by Gasteiger charge is -2.35. The molecule has 3 aromatic heterocycles. The minimum Gasteiger partial charge on any atom is -0.310 e. The van der Waals surface area contributed by atoms with Gasteiger partial charge in [0, 0.05) is 42.5 Å². The summed E-state index contributed by atoms with van der Waals surface area (Å²) in [5.41, 5.74) is 19.2. The highest BCUT2D eigenvalue weighted by Gasteiger charge is 2.41. The Hall–Kier alpha value is -5.78. The first kappa shape index (κ1) is 36.1. The van der Waals surface area contributed by atoms with Crippen LogP contribution in [-0.2, 0) is 16.2 Å². The van der Waals surface area contributed by atoms with Gasteiger partial charge in [0.2, 0.25) is 6.71 Å². The summed E-state index contributed by atoms with van der Waals surface area (Å²) in [7, 11) is 0. The lowest BCUT2D eigenvalue weighted by atomic mass is 9.35. The second kappa shape index (κ2) is 11.9. The lowest BCUT2D eigenvalue weighted by molar-refractivity contribution is 0.590. The van der Waals surface area contributed by atoms with E-state index in [-0.39, 0.29) is 23.0 Å². The maximum Gasteiger partial charge on any atom is 0.249 e. The van der Waals surface area contributed by atoms with Gasteiger partial charge in [-0.25, -0.2) is 4.98 Å². The molecule has 7 aromatic carbocycles. The monoisotopic (exact) mass is 793 g/mol. The van der Waals surface area contributed by atoms with Crippen LogP contribution in [0.5, 0.6) is 0 Å². The molecular formula is C55H48BN3S. The molecule has 0 spiro atoms. The van der Waals surface area contributed by atoms with Gasteiger partial charge in [0.25, 0.3) is 0 Å². The molecule has 5 heteroatoms. The van der Waals surface area contributed by atoms with E-state index < -0.39 is 0 Å². The molecule has 0 atom stereocenters. The van der Waals surface area contributed by atoms with Crippen molar-refractivity contribution in [2.45, 2.75) is 88.3 Å². The van der Waals surface area contributed by atoms with Gasteiger partial charge in [0.05, 0.1) is 22.1 Å². The first-order valence-corrected chi connectivity index (χ1v) is 22.3. The van der Waals surface area contributed by atoms with Crippen molar-refractivity contribution in [2.75, 3.05) is 0 Å². The van der Waals surface area contributed by atoms with E-state index in [2.05, 4.69) is 199 Å². The largest absolute Gasteiger partial charge is 0.310 e. The third-order valence-electron chi connectivity index (χ3n) is 13.6. The Morgan fingerprint density at radius 1 is 0.483 bits per heavy atom. The molecule has 0 N–H and O–H groups in total. The Kier molecular flexibility index (Phi) is 7.19. The van der Waals surface area contributed by atoms with E-state index >= 15 is 0 Å². The highest BCUT2D eigenvalue weighted by molar-refractivity contribution is 8.00. The predicted octanol–water partition coefficient (Wildman–Crippen LogP) is 12.7. The third-order valence-corrected chi connectivity index (χ3v) is 14.7. The van der Waals surface area contributed by atoms with Crippen LogP contribution < -0.4 is 16.4 Å². The zero-order valence-corrected chi connectivity index (χ0v) is 36.8. The van der Waals surface area contributed by atoms with Crippen LogP contribution in [0.15, 0.2) is 137 Å². The Bertz CT molecular complexity index is 3530. The number of benzene rings is 7. The van der Waals surface area contributed by atoms with Crippen molar-refractivity contribution in [3.8, 4) is 16.8 Å². The fourth-order valence-electron chi connectivity index (χ4n) is 10.3. The van der Waals surface area contributed by atoms with E-state index in [0.29, 0.717) is 0 Å². The summed E-state index contributed by atoms with van der Waals surface area (Å²) in [6, 6.07) is 49.0. The van der Waals surface area contributed by atoms with Crippen LogP contribution in [0, 0.1) is 0 Å². The van der Waals surface area contributed by atoms with E-state index in [1.165, 1.54) is 103 Å². The molecule has 0 amide bonds. The highest BCUT2D eigenvalue weighted by atomic mass is 32.2. The maximum absolute atomic E-state index is 5.20. The van der Waals surface area contributed by atoms with Crippen LogP contribution in [0.1, 0.15) is 79.0 Å². The molecule has 0 bridgehead atoms. The number of fused-ring (bicyclic) bond motifs is 15. The number of aromatic nitrogens is 3. The number of para-hydroxylation sites is 2. The number of rotatable bonds is 1. The van der Waals surface area contributed by atoms with Crippen molar-refractivity contribution in [1.82, 2.24) is 14.0 Å². The fraction of sp³-hybridized carbons (Fsp3) is 0.218. The normalized spacial score (nSPS) is 14.0. The second-order valence-electron chi connectivity index (χ2n) is 20.5. The highest BCUT2D eigenvalue weighted by Crippen LogP contribution is 2.44. The summed E-state index contributed by atoms with van der Waals surface area (Å²) in [4.78, 5) is 7.90. The van der Waals surface area contributed by atoms with Gasteiger partial charge in [-0.15, -0.1) is 0 Å². The average molecular weight is 794 g/mol. The third kappa shape index (κ3) is 5.02. The number of hydrogen-bond donors (Lipinski definition) is 0. The molecule has 0 radical (unpaired) electrons. The minimum absolute atomic E-state index is 0.0133. The second-order valence-corrected chi connectivity index (χ2v) is 21.6. The predicted molar refractivity (Wildman–Crippen MR) is 259 cm³/mol. The Morgan fingerprint density at radius 3 is 1.95 bits per heavy atom. The van der Waals surface area contributed by atoms with Crippen LogP contribution >= 0.6 is 11.8 Å². The van der Waals surface area contributed by atoms with Crippen LogP contribution in [0.2, 0.25) is 0 Å². The number of hydrogen-bond acceptors (Lipinski definition) is 2. The topological polar surface area (TPSA) is 22.2 Å². The maximum atomic E-state index is 5.20.